The number of methoxy groups -OCH3 is 1. The number of anilines is 2. The molecule has 6 nitrogen and oxygen atoms in total. The number of rotatable bonds is 5. The Morgan fingerprint density at radius 1 is 1.08 bits per heavy atom. The van der Waals surface area contributed by atoms with Crippen molar-refractivity contribution in [3.63, 3.8) is 0 Å². The molecule has 0 heterocycles. The minimum atomic E-state index is -0.568. The van der Waals surface area contributed by atoms with Crippen LogP contribution in [0.5, 0.6) is 5.75 Å². The van der Waals surface area contributed by atoms with Gasteiger partial charge in [0, 0.05) is 5.69 Å². The summed E-state index contributed by atoms with van der Waals surface area (Å²) in [7, 11) is 1.57. The molecule has 2 aromatic carbocycles. The van der Waals surface area contributed by atoms with Gasteiger partial charge in [-0.15, -0.1) is 0 Å². The first-order valence-electron chi connectivity index (χ1n) is 7.30. The van der Waals surface area contributed by atoms with E-state index in [4.69, 9.17) is 10.00 Å². The zero-order valence-electron chi connectivity index (χ0n) is 13.8. The van der Waals surface area contributed by atoms with Crippen molar-refractivity contribution < 1.29 is 9.53 Å². The fourth-order valence-electron chi connectivity index (χ4n) is 1.92. The average molecular weight is 322 g/mol. The first-order chi connectivity index (χ1) is 11.5. The predicted molar refractivity (Wildman–Crippen MR) is 94.2 cm³/mol. The van der Waals surface area contributed by atoms with Crippen LogP contribution in [-0.4, -0.2) is 18.7 Å². The molecule has 0 bridgehead atoms. The van der Waals surface area contributed by atoms with Crippen LogP contribution in [0.1, 0.15) is 11.1 Å². The molecule has 0 radical (unpaired) electrons. The van der Waals surface area contributed by atoms with Gasteiger partial charge in [-0.1, -0.05) is 6.07 Å². The number of nitriles is 1. The summed E-state index contributed by atoms with van der Waals surface area (Å²) in [5.74, 6) is 0.138. The molecule has 2 aromatic rings. The predicted octanol–water partition coefficient (Wildman–Crippen LogP) is 3.24. The van der Waals surface area contributed by atoms with Crippen LogP contribution in [0.4, 0.5) is 11.4 Å². The quantitative estimate of drug-likeness (QED) is 0.653. The van der Waals surface area contributed by atoms with Crippen molar-refractivity contribution in [2.24, 2.45) is 5.10 Å². The highest BCUT2D eigenvalue weighted by Gasteiger charge is 2.11. The van der Waals surface area contributed by atoms with Crippen molar-refractivity contribution in [2.75, 3.05) is 17.9 Å². The second-order valence-electron chi connectivity index (χ2n) is 5.17. The summed E-state index contributed by atoms with van der Waals surface area (Å²) in [6.45, 7) is 3.94. The monoisotopic (exact) mass is 322 g/mol. The molecule has 0 aromatic heterocycles. The highest BCUT2D eigenvalue weighted by atomic mass is 16.5. The Morgan fingerprint density at radius 2 is 1.75 bits per heavy atom. The molecule has 2 rings (SSSR count). The number of nitrogens with one attached hydrogen (secondary N) is 2. The molecule has 0 spiro atoms. The van der Waals surface area contributed by atoms with Gasteiger partial charge in [-0.05, 0) is 61.4 Å². The van der Waals surface area contributed by atoms with Crippen molar-refractivity contribution in [1.82, 2.24) is 0 Å². The molecule has 6 heteroatoms. The van der Waals surface area contributed by atoms with Gasteiger partial charge >= 0.3 is 0 Å². The van der Waals surface area contributed by atoms with Crippen molar-refractivity contribution in [3.8, 4) is 11.8 Å². The summed E-state index contributed by atoms with van der Waals surface area (Å²) in [5, 5.41) is 15.7. The van der Waals surface area contributed by atoms with Crippen molar-refractivity contribution in [2.45, 2.75) is 13.8 Å². The maximum absolute atomic E-state index is 12.1. The van der Waals surface area contributed by atoms with Crippen LogP contribution in [0.2, 0.25) is 0 Å². The van der Waals surface area contributed by atoms with Gasteiger partial charge in [0.05, 0.1) is 12.8 Å². The molecule has 0 unspecified atom stereocenters. The van der Waals surface area contributed by atoms with Crippen LogP contribution < -0.4 is 15.5 Å². The smallest absolute Gasteiger partial charge is 0.287 e. The van der Waals surface area contributed by atoms with Crippen LogP contribution in [-0.2, 0) is 4.79 Å². The van der Waals surface area contributed by atoms with Gasteiger partial charge in [-0.2, -0.15) is 10.4 Å². The summed E-state index contributed by atoms with van der Waals surface area (Å²) in [6, 6.07) is 14.3. The summed E-state index contributed by atoms with van der Waals surface area (Å²) in [5.41, 5.74) is 5.87. The third-order valence-electron chi connectivity index (χ3n) is 3.47. The molecule has 0 atom stereocenters. The Balaban J connectivity index is 2.07. The third-order valence-corrected chi connectivity index (χ3v) is 3.47. The van der Waals surface area contributed by atoms with E-state index in [0.717, 1.165) is 11.1 Å². The SMILES string of the molecule is COc1ccc(N/N=C(/C#N)C(=O)Nc2ccc(C)c(C)c2)cc1. The number of aryl methyl sites for hydroxylation is 2. The summed E-state index contributed by atoms with van der Waals surface area (Å²) < 4.78 is 5.06. The normalized spacial score (nSPS) is 10.7. The topological polar surface area (TPSA) is 86.5 Å². The van der Waals surface area contributed by atoms with E-state index in [0.29, 0.717) is 17.1 Å². The van der Waals surface area contributed by atoms with Gasteiger partial charge in [0.2, 0.25) is 5.71 Å². The molecular formula is C18H18N4O2. The van der Waals surface area contributed by atoms with E-state index < -0.39 is 5.91 Å². The number of carbonyl (C=O) groups excluding carboxylic acids is 1. The maximum Gasteiger partial charge on any atom is 0.287 e. The lowest BCUT2D eigenvalue weighted by atomic mass is 10.1. The van der Waals surface area contributed by atoms with E-state index in [1.54, 1.807) is 43.5 Å². The van der Waals surface area contributed by atoms with E-state index in [1.807, 2.05) is 26.0 Å². The van der Waals surface area contributed by atoms with E-state index in [-0.39, 0.29) is 5.71 Å². The van der Waals surface area contributed by atoms with Crippen LogP contribution in [0.3, 0.4) is 0 Å². The molecule has 0 aliphatic rings. The standard InChI is InChI=1S/C18H18N4O2/c1-12-4-5-15(10-13(12)2)20-18(23)17(11-19)22-21-14-6-8-16(24-3)9-7-14/h4-10,21H,1-3H3,(H,20,23)/b22-17-. The number of amides is 1. The average Bonchev–Trinajstić information content (AvgIpc) is 2.59. The second-order valence-corrected chi connectivity index (χ2v) is 5.17. The lowest BCUT2D eigenvalue weighted by Crippen LogP contribution is -2.22. The number of hydrazone groups is 1. The van der Waals surface area contributed by atoms with E-state index in [2.05, 4.69) is 15.8 Å². The molecule has 0 aliphatic heterocycles. The largest absolute Gasteiger partial charge is 0.497 e. The highest BCUT2D eigenvalue weighted by molar-refractivity contribution is 6.48. The molecular weight excluding hydrogens is 304 g/mol. The summed E-state index contributed by atoms with van der Waals surface area (Å²) in [4.78, 5) is 12.1. The number of carbonyl (C=O) groups is 1. The maximum atomic E-state index is 12.1. The number of benzene rings is 2. The third kappa shape index (κ3) is 4.34. The molecule has 122 valence electrons. The lowest BCUT2D eigenvalue weighted by molar-refractivity contribution is -0.110. The summed E-state index contributed by atoms with van der Waals surface area (Å²) >= 11 is 0. The molecule has 0 aliphatic carbocycles. The van der Waals surface area contributed by atoms with Crippen molar-refractivity contribution in [3.05, 3.63) is 53.6 Å². The zero-order valence-corrected chi connectivity index (χ0v) is 13.8. The zero-order chi connectivity index (χ0) is 17.5. The fraction of sp³-hybridized carbons (Fsp3) is 0.167. The Labute approximate surface area is 140 Å². The van der Waals surface area contributed by atoms with E-state index in [9.17, 15) is 4.79 Å². The van der Waals surface area contributed by atoms with Gasteiger partial charge in [-0.3, -0.25) is 10.2 Å². The van der Waals surface area contributed by atoms with Gasteiger partial charge in [0.1, 0.15) is 11.8 Å². The summed E-state index contributed by atoms with van der Waals surface area (Å²) in [6.07, 6.45) is 0. The number of hydrogen-bond acceptors (Lipinski definition) is 5. The van der Waals surface area contributed by atoms with Crippen LogP contribution in [0.25, 0.3) is 0 Å². The Hall–Kier alpha value is -3.33. The molecule has 0 saturated heterocycles. The Kier molecular flexibility index (Phi) is 5.53. The lowest BCUT2D eigenvalue weighted by Gasteiger charge is -2.07. The number of ether oxygens (including phenoxy) is 1. The van der Waals surface area contributed by atoms with Crippen molar-refractivity contribution in [1.29, 1.82) is 5.26 Å². The van der Waals surface area contributed by atoms with Gasteiger partial charge < -0.3 is 10.1 Å². The molecule has 0 fully saturated rings. The van der Waals surface area contributed by atoms with E-state index >= 15 is 0 Å². The molecule has 24 heavy (non-hydrogen) atoms. The minimum absolute atomic E-state index is 0.260. The number of nitrogens with zero attached hydrogens (tertiary/aromatic N) is 2. The first kappa shape index (κ1) is 17.0. The molecule has 2 N–H and O–H groups in total. The number of hydrogen-bond donors (Lipinski definition) is 2. The Morgan fingerprint density at radius 3 is 2.33 bits per heavy atom. The van der Waals surface area contributed by atoms with Gasteiger partial charge in [0.25, 0.3) is 5.91 Å². The molecule has 0 saturated carbocycles. The van der Waals surface area contributed by atoms with Gasteiger partial charge in [0.15, 0.2) is 0 Å². The van der Waals surface area contributed by atoms with E-state index in [1.165, 1.54) is 0 Å². The van der Waals surface area contributed by atoms with Crippen LogP contribution >= 0.6 is 0 Å². The van der Waals surface area contributed by atoms with Gasteiger partial charge in [-0.25, -0.2) is 0 Å². The first-order valence-corrected chi connectivity index (χ1v) is 7.30. The minimum Gasteiger partial charge on any atom is -0.497 e. The second kappa shape index (κ2) is 7.79. The Bertz CT molecular complexity index is 805. The van der Waals surface area contributed by atoms with Crippen LogP contribution in [0, 0.1) is 25.2 Å². The molecule has 1 amide bonds. The van der Waals surface area contributed by atoms with Crippen molar-refractivity contribution >= 4 is 23.0 Å². The van der Waals surface area contributed by atoms with Crippen LogP contribution in [0.15, 0.2) is 47.6 Å². The highest BCUT2D eigenvalue weighted by Crippen LogP contribution is 2.16. The fourth-order valence-corrected chi connectivity index (χ4v) is 1.92.